The second-order valence-corrected chi connectivity index (χ2v) is 14.3. The van der Waals surface area contributed by atoms with E-state index in [0.717, 1.165) is 34.0 Å². The molecule has 3 rings (SSSR count). The van der Waals surface area contributed by atoms with Crippen LogP contribution in [0.25, 0.3) is 6.08 Å². The maximum absolute atomic E-state index is 12.2. The van der Waals surface area contributed by atoms with E-state index in [4.69, 9.17) is 28.3 Å². The molecular weight excluding hydrogens is 759 g/mol. The number of rotatable bonds is 16. The Morgan fingerprint density at radius 1 is 0.741 bits per heavy atom. The van der Waals surface area contributed by atoms with Gasteiger partial charge in [-0.2, -0.15) is 0 Å². The van der Waals surface area contributed by atoms with Crippen molar-refractivity contribution in [3.05, 3.63) is 84.9 Å². The maximum Gasteiger partial charge on any atom is 0.490 e. The van der Waals surface area contributed by atoms with Crippen LogP contribution in [0.2, 0.25) is 0 Å². The number of aromatic nitrogens is 2. The summed E-state index contributed by atoms with van der Waals surface area (Å²) >= 11 is 3.38. The molecule has 0 spiro atoms. The van der Waals surface area contributed by atoms with Crippen LogP contribution in [0, 0.1) is 13.8 Å². The molecule has 2 unspecified atom stereocenters. The van der Waals surface area contributed by atoms with Crippen LogP contribution in [-0.4, -0.2) is 65.8 Å². The number of aryl methyl sites for hydroxylation is 2. The van der Waals surface area contributed by atoms with Crippen LogP contribution >= 0.6 is 15.9 Å². The highest BCUT2D eigenvalue weighted by molar-refractivity contribution is 9.10. The number of pyridine rings is 2. The van der Waals surface area contributed by atoms with E-state index in [2.05, 4.69) is 15.9 Å². The summed E-state index contributed by atoms with van der Waals surface area (Å²) in [5.41, 5.74) is 1.63. The van der Waals surface area contributed by atoms with Gasteiger partial charge in [0.15, 0.2) is 0 Å². The van der Waals surface area contributed by atoms with E-state index in [0.29, 0.717) is 39.3 Å². The summed E-state index contributed by atoms with van der Waals surface area (Å²) in [5, 5.41) is 0. The fourth-order valence-electron chi connectivity index (χ4n) is 5.10. The topological polar surface area (TPSA) is 134 Å². The Kier molecular flexibility index (Phi) is 21.5. The van der Waals surface area contributed by atoms with E-state index >= 15 is 0 Å². The summed E-state index contributed by atoms with van der Waals surface area (Å²) in [7, 11) is -0.299. The van der Waals surface area contributed by atoms with Gasteiger partial charge in [-0.25, -0.2) is 9.59 Å². The highest BCUT2D eigenvalue weighted by atomic mass is 79.9. The lowest BCUT2D eigenvalue weighted by atomic mass is 9.90. The molecule has 14 heteroatoms. The average molecular weight is 822 g/mol. The monoisotopic (exact) mass is 820 g/mol. The van der Waals surface area contributed by atoms with Crippen molar-refractivity contribution >= 4 is 41.1 Å². The zero-order valence-electron chi connectivity index (χ0n) is 34.4. The summed E-state index contributed by atoms with van der Waals surface area (Å²) in [5.74, 6) is 1.08. The van der Waals surface area contributed by atoms with Crippen LogP contribution in [0.3, 0.4) is 0 Å². The summed E-state index contributed by atoms with van der Waals surface area (Å²) < 4.78 is 35.6. The third-order valence-electron chi connectivity index (χ3n) is 8.75. The minimum absolute atomic E-state index is 0.179. The van der Waals surface area contributed by atoms with Crippen molar-refractivity contribution in [3.63, 3.8) is 0 Å². The van der Waals surface area contributed by atoms with Gasteiger partial charge < -0.3 is 37.4 Å². The third-order valence-corrected chi connectivity index (χ3v) is 9.58. The highest BCUT2D eigenvalue weighted by Crippen LogP contribution is 2.36. The number of nitrogens with zero attached hydrogens (tertiary/aromatic N) is 2. The molecule has 2 aromatic heterocycles. The molecule has 1 fully saturated rings. The van der Waals surface area contributed by atoms with Gasteiger partial charge in [-0.3, -0.25) is 9.59 Å². The fourth-order valence-corrected chi connectivity index (χ4v) is 5.44. The van der Waals surface area contributed by atoms with Crippen molar-refractivity contribution in [1.29, 1.82) is 0 Å². The second-order valence-electron chi connectivity index (χ2n) is 13.5. The third kappa shape index (κ3) is 14.9. The zero-order chi connectivity index (χ0) is 41.1. The SMILES string of the molecule is CCCC(C(=O)OCC)n1cc(/C=C/OCC)c(C)cc1=O.CCCC(C(=O)OCC)n1cc(Br)c(C)cc1=O.CCO/C=C/B1OC(C)(C)C(C)(C)O1. The lowest BCUT2D eigenvalue weighted by Gasteiger charge is -2.32. The van der Waals surface area contributed by atoms with Gasteiger partial charge in [0.25, 0.3) is 11.1 Å². The Morgan fingerprint density at radius 3 is 1.63 bits per heavy atom. The summed E-state index contributed by atoms with van der Waals surface area (Å²) in [6.07, 6.45) is 11.1. The molecule has 0 N–H and O–H groups in total. The number of hydrogen-bond donors (Lipinski definition) is 0. The molecule has 0 aromatic carbocycles. The van der Waals surface area contributed by atoms with Gasteiger partial charge in [0, 0.05) is 29.0 Å². The molecule has 0 aliphatic carbocycles. The quantitative estimate of drug-likeness (QED) is 0.0931. The Balaban J connectivity index is 0.000000415. The van der Waals surface area contributed by atoms with Crippen LogP contribution in [-0.2, 0) is 37.8 Å². The van der Waals surface area contributed by atoms with Gasteiger partial charge in [-0.1, -0.05) is 26.7 Å². The molecule has 12 nitrogen and oxygen atoms in total. The molecule has 0 amide bonds. The van der Waals surface area contributed by atoms with Gasteiger partial charge in [0.2, 0.25) is 0 Å². The second kappa shape index (κ2) is 24.0. The van der Waals surface area contributed by atoms with Crippen molar-refractivity contribution in [3.8, 4) is 0 Å². The molecule has 0 radical (unpaired) electrons. The van der Waals surface area contributed by atoms with Gasteiger partial charge in [-0.05, 0) is 127 Å². The Hall–Kier alpha value is -3.62. The molecule has 0 saturated carbocycles. The number of ether oxygens (including phenoxy) is 4. The number of carbonyl (C=O) groups excluding carboxylic acids is 2. The number of carbonyl (C=O) groups is 2. The van der Waals surface area contributed by atoms with Crippen molar-refractivity contribution < 1.29 is 37.8 Å². The van der Waals surface area contributed by atoms with Crippen molar-refractivity contribution in [2.24, 2.45) is 0 Å². The normalized spacial score (nSPS) is 15.5. The first-order valence-corrected chi connectivity index (χ1v) is 19.6. The first kappa shape index (κ1) is 48.4. The largest absolute Gasteiger partial charge is 0.502 e. The molecule has 54 heavy (non-hydrogen) atoms. The number of hydrogen-bond acceptors (Lipinski definition) is 10. The standard InChI is InChI=1S/C17H25NO4.C13H18BrNO3.C10H19BO3/c1-5-8-15(17(20)22-7-3)18-12-14(9-10-21-6-2)13(4)11-16(18)19;1-4-6-11(13(17)18-5-2)15-8-10(14)9(3)7-12(15)16;1-6-12-8-7-11-13-9(2,3)10(4,5)14-11/h9-12,15H,5-8H2,1-4H3;7-8,11H,4-6H2,1-3H3;7-8H,6H2,1-5H3/b10-9+;;8-7+. The summed E-state index contributed by atoms with van der Waals surface area (Å²) in [6, 6.07) is 1.93. The van der Waals surface area contributed by atoms with Crippen LogP contribution in [0.15, 0.2) is 57.1 Å². The zero-order valence-corrected chi connectivity index (χ0v) is 35.9. The number of halogens is 1. The van der Waals surface area contributed by atoms with E-state index in [-0.39, 0.29) is 41.4 Å². The molecule has 302 valence electrons. The van der Waals surface area contributed by atoms with Gasteiger partial charge in [-0.15, -0.1) is 0 Å². The summed E-state index contributed by atoms with van der Waals surface area (Å²) in [4.78, 5) is 48.2. The molecule has 0 bridgehead atoms. The fraction of sp³-hybridized carbons (Fsp3) is 0.600. The predicted octanol–water partition coefficient (Wildman–Crippen LogP) is 8.06. The number of esters is 2. The van der Waals surface area contributed by atoms with E-state index in [9.17, 15) is 19.2 Å². The lowest BCUT2D eigenvalue weighted by molar-refractivity contribution is -0.148. The van der Waals surface area contributed by atoms with Gasteiger partial charge in [0.05, 0.1) is 50.2 Å². The molecule has 3 heterocycles. The molecule has 1 saturated heterocycles. The van der Waals surface area contributed by atoms with E-state index < -0.39 is 12.1 Å². The maximum atomic E-state index is 12.2. The Morgan fingerprint density at radius 2 is 1.19 bits per heavy atom. The van der Waals surface area contributed by atoms with Crippen molar-refractivity contribution in [1.82, 2.24) is 9.13 Å². The Bertz CT molecular complexity index is 1630. The van der Waals surface area contributed by atoms with E-state index in [1.54, 1.807) is 50.8 Å². The lowest BCUT2D eigenvalue weighted by Crippen LogP contribution is -2.41. The highest BCUT2D eigenvalue weighted by Gasteiger charge is 2.50. The van der Waals surface area contributed by atoms with Crippen molar-refractivity contribution in [2.75, 3.05) is 26.4 Å². The minimum Gasteiger partial charge on any atom is -0.502 e. The molecule has 2 aromatic rings. The predicted molar refractivity (Wildman–Crippen MR) is 217 cm³/mol. The molecule has 1 aliphatic rings. The first-order valence-electron chi connectivity index (χ1n) is 18.8. The van der Waals surface area contributed by atoms with Crippen LogP contribution in [0.1, 0.15) is 124 Å². The first-order chi connectivity index (χ1) is 25.4. The minimum atomic E-state index is -0.586. The van der Waals surface area contributed by atoms with Crippen molar-refractivity contribution in [2.45, 2.75) is 132 Å². The summed E-state index contributed by atoms with van der Waals surface area (Å²) in [6.45, 7) is 25.0. The van der Waals surface area contributed by atoms with Gasteiger partial charge in [0.1, 0.15) is 12.1 Å². The average Bonchev–Trinajstić information content (AvgIpc) is 3.31. The van der Waals surface area contributed by atoms with E-state index in [1.165, 1.54) is 21.3 Å². The smallest absolute Gasteiger partial charge is 0.490 e. The molecular formula is C40H62BBrN2O10. The van der Waals surface area contributed by atoms with Crippen LogP contribution in [0.4, 0.5) is 0 Å². The van der Waals surface area contributed by atoms with Crippen LogP contribution < -0.4 is 11.1 Å². The Labute approximate surface area is 330 Å². The molecule has 2 atom stereocenters. The van der Waals surface area contributed by atoms with Crippen LogP contribution in [0.5, 0.6) is 0 Å². The van der Waals surface area contributed by atoms with Gasteiger partial charge >= 0.3 is 19.1 Å². The van der Waals surface area contributed by atoms with E-state index in [1.807, 2.05) is 69.2 Å². The molecule has 1 aliphatic heterocycles.